The summed E-state index contributed by atoms with van der Waals surface area (Å²) in [5.41, 5.74) is 0.244. The summed E-state index contributed by atoms with van der Waals surface area (Å²) in [7, 11) is -3.31. The Morgan fingerprint density at radius 1 is 1.05 bits per heavy atom. The number of rotatable bonds is 3. The van der Waals surface area contributed by atoms with E-state index in [0.29, 0.717) is 26.2 Å². The molecule has 0 aromatic carbocycles. The van der Waals surface area contributed by atoms with Crippen LogP contribution in [0.1, 0.15) is 46.0 Å². The van der Waals surface area contributed by atoms with Gasteiger partial charge in [-0.3, -0.25) is 0 Å². The van der Waals surface area contributed by atoms with Crippen molar-refractivity contribution in [2.45, 2.75) is 46.0 Å². The molecular weight excluding hydrogens is 276 g/mol. The summed E-state index contributed by atoms with van der Waals surface area (Å²) >= 11 is 0. The zero-order valence-electron chi connectivity index (χ0n) is 12.7. The largest absolute Gasteiger partial charge is 0.396 e. The molecule has 0 unspecified atom stereocenters. The minimum absolute atomic E-state index is 0.172. The zero-order valence-corrected chi connectivity index (χ0v) is 13.5. The van der Waals surface area contributed by atoms with Crippen molar-refractivity contribution in [3.05, 3.63) is 0 Å². The molecule has 0 aliphatic carbocycles. The van der Waals surface area contributed by atoms with Crippen molar-refractivity contribution in [3.63, 3.8) is 0 Å². The lowest BCUT2D eigenvalue weighted by Crippen LogP contribution is -2.47. The van der Waals surface area contributed by atoms with E-state index in [1.54, 1.807) is 8.61 Å². The van der Waals surface area contributed by atoms with Gasteiger partial charge in [-0.25, -0.2) is 0 Å². The average Bonchev–Trinajstić information content (AvgIpc) is 2.60. The van der Waals surface area contributed by atoms with Crippen LogP contribution in [0.25, 0.3) is 0 Å². The van der Waals surface area contributed by atoms with E-state index >= 15 is 0 Å². The molecule has 118 valence electrons. The van der Waals surface area contributed by atoms with Crippen LogP contribution in [0, 0.1) is 11.3 Å². The van der Waals surface area contributed by atoms with Crippen molar-refractivity contribution in [1.29, 1.82) is 0 Å². The first kappa shape index (κ1) is 16.2. The number of aliphatic hydroxyl groups excluding tert-OH is 1. The molecule has 0 bridgehead atoms. The summed E-state index contributed by atoms with van der Waals surface area (Å²) in [6, 6.07) is 0. The van der Waals surface area contributed by atoms with Crippen molar-refractivity contribution in [3.8, 4) is 0 Å². The standard InChI is InChI=1S/C14H28N2O3S/c1-14(2)6-3-8-15(11-7-14)20(18,19)16-9-4-13(12-17)5-10-16/h13,17H,3-12H2,1-2H3. The van der Waals surface area contributed by atoms with E-state index < -0.39 is 10.2 Å². The van der Waals surface area contributed by atoms with Gasteiger partial charge < -0.3 is 5.11 Å². The molecule has 2 rings (SSSR count). The van der Waals surface area contributed by atoms with Crippen LogP contribution in [-0.2, 0) is 10.2 Å². The molecule has 0 aromatic rings. The van der Waals surface area contributed by atoms with E-state index in [1.807, 2.05) is 0 Å². The summed E-state index contributed by atoms with van der Waals surface area (Å²) in [6.07, 6.45) is 4.51. The first-order chi connectivity index (χ1) is 9.35. The highest BCUT2D eigenvalue weighted by molar-refractivity contribution is 7.86. The van der Waals surface area contributed by atoms with Gasteiger partial charge in [0.25, 0.3) is 10.2 Å². The molecule has 1 N–H and O–H groups in total. The van der Waals surface area contributed by atoms with Crippen LogP contribution < -0.4 is 0 Å². The maximum atomic E-state index is 12.7. The summed E-state index contributed by atoms with van der Waals surface area (Å²) in [6.45, 7) is 6.99. The lowest BCUT2D eigenvalue weighted by atomic mass is 9.85. The quantitative estimate of drug-likeness (QED) is 0.858. The molecule has 2 aliphatic rings. The number of hydrogen-bond acceptors (Lipinski definition) is 3. The number of nitrogens with zero attached hydrogens (tertiary/aromatic N) is 2. The predicted molar refractivity (Wildman–Crippen MR) is 79.5 cm³/mol. The second-order valence-electron chi connectivity index (χ2n) is 6.95. The smallest absolute Gasteiger partial charge is 0.281 e. The minimum Gasteiger partial charge on any atom is -0.396 e. The van der Waals surface area contributed by atoms with Gasteiger partial charge in [-0.2, -0.15) is 17.0 Å². The molecule has 2 fully saturated rings. The lowest BCUT2D eigenvalue weighted by Gasteiger charge is -2.34. The average molecular weight is 304 g/mol. The third-order valence-corrected chi connectivity index (χ3v) is 6.82. The van der Waals surface area contributed by atoms with Crippen LogP contribution in [0.2, 0.25) is 0 Å². The Kier molecular flexibility index (Phi) is 5.10. The maximum absolute atomic E-state index is 12.7. The lowest BCUT2D eigenvalue weighted by molar-refractivity contribution is 0.166. The molecule has 0 atom stereocenters. The van der Waals surface area contributed by atoms with Crippen molar-refractivity contribution in [1.82, 2.24) is 8.61 Å². The van der Waals surface area contributed by atoms with E-state index in [9.17, 15) is 8.42 Å². The van der Waals surface area contributed by atoms with Crippen molar-refractivity contribution in [2.75, 3.05) is 32.8 Å². The normalized spacial score (nSPS) is 27.4. The molecule has 0 spiro atoms. The Morgan fingerprint density at radius 2 is 1.65 bits per heavy atom. The molecule has 20 heavy (non-hydrogen) atoms. The fourth-order valence-electron chi connectivity index (χ4n) is 3.11. The minimum atomic E-state index is -3.31. The molecule has 5 nitrogen and oxygen atoms in total. The van der Waals surface area contributed by atoms with Gasteiger partial charge in [-0.1, -0.05) is 13.8 Å². The Morgan fingerprint density at radius 3 is 2.25 bits per heavy atom. The molecule has 2 aliphatic heterocycles. The maximum Gasteiger partial charge on any atom is 0.281 e. The molecular formula is C14H28N2O3S. The predicted octanol–water partition coefficient (Wildman–Crippen LogP) is 1.45. The van der Waals surface area contributed by atoms with Gasteiger partial charge in [-0.05, 0) is 43.4 Å². The fourth-order valence-corrected chi connectivity index (χ4v) is 4.80. The van der Waals surface area contributed by atoms with E-state index in [-0.39, 0.29) is 17.9 Å². The van der Waals surface area contributed by atoms with Gasteiger partial charge in [0.15, 0.2) is 0 Å². The highest BCUT2D eigenvalue weighted by atomic mass is 32.2. The van der Waals surface area contributed by atoms with Crippen LogP contribution in [0.3, 0.4) is 0 Å². The van der Waals surface area contributed by atoms with E-state index in [2.05, 4.69) is 13.8 Å². The van der Waals surface area contributed by atoms with Crippen LogP contribution in [0.5, 0.6) is 0 Å². The van der Waals surface area contributed by atoms with Crippen molar-refractivity contribution < 1.29 is 13.5 Å². The monoisotopic (exact) mass is 304 g/mol. The third-order valence-electron chi connectivity index (χ3n) is 4.78. The Balaban J connectivity index is 2.00. The van der Waals surface area contributed by atoms with Gasteiger partial charge in [0.05, 0.1) is 0 Å². The van der Waals surface area contributed by atoms with Gasteiger partial charge >= 0.3 is 0 Å². The van der Waals surface area contributed by atoms with E-state index in [0.717, 1.165) is 32.1 Å². The van der Waals surface area contributed by atoms with Crippen LogP contribution in [0.4, 0.5) is 0 Å². The first-order valence-corrected chi connectivity index (χ1v) is 9.11. The van der Waals surface area contributed by atoms with Gasteiger partial charge in [-0.15, -0.1) is 0 Å². The second-order valence-corrected chi connectivity index (χ2v) is 8.88. The topological polar surface area (TPSA) is 60.9 Å². The third kappa shape index (κ3) is 3.72. The molecule has 0 amide bonds. The molecule has 2 saturated heterocycles. The van der Waals surface area contributed by atoms with Gasteiger partial charge in [0, 0.05) is 32.8 Å². The molecule has 0 saturated carbocycles. The first-order valence-electron chi connectivity index (χ1n) is 7.71. The highest BCUT2D eigenvalue weighted by Gasteiger charge is 2.35. The van der Waals surface area contributed by atoms with Gasteiger partial charge in [0.2, 0.25) is 0 Å². The van der Waals surface area contributed by atoms with Crippen LogP contribution in [-0.4, -0.2) is 54.9 Å². The van der Waals surface area contributed by atoms with Crippen LogP contribution in [0.15, 0.2) is 0 Å². The van der Waals surface area contributed by atoms with Crippen LogP contribution >= 0.6 is 0 Å². The summed E-state index contributed by atoms with van der Waals surface area (Å²) < 4.78 is 28.7. The second kappa shape index (κ2) is 6.30. The van der Waals surface area contributed by atoms with Gasteiger partial charge in [0.1, 0.15) is 0 Å². The highest BCUT2D eigenvalue weighted by Crippen LogP contribution is 2.31. The number of hydrogen-bond donors (Lipinski definition) is 1. The summed E-state index contributed by atoms with van der Waals surface area (Å²) in [4.78, 5) is 0. The Bertz CT molecular complexity index is 414. The number of aliphatic hydroxyl groups is 1. The summed E-state index contributed by atoms with van der Waals surface area (Å²) in [5.74, 6) is 0.268. The zero-order chi connectivity index (χ0) is 14.8. The Hall–Kier alpha value is -0.170. The SMILES string of the molecule is CC1(C)CCCN(S(=O)(=O)N2CCC(CO)CC2)CC1. The molecule has 0 aromatic heterocycles. The van der Waals surface area contributed by atoms with E-state index in [4.69, 9.17) is 5.11 Å². The Labute approximate surface area is 123 Å². The van der Waals surface area contributed by atoms with Crippen molar-refractivity contribution >= 4 is 10.2 Å². The summed E-state index contributed by atoms with van der Waals surface area (Å²) in [5, 5.41) is 9.15. The number of piperidine rings is 1. The van der Waals surface area contributed by atoms with E-state index in [1.165, 1.54) is 0 Å². The molecule has 0 radical (unpaired) electrons. The fraction of sp³-hybridized carbons (Fsp3) is 1.00. The molecule has 2 heterocycles. The van der Waals surface area contributed by atoms with Crippen molar-refractivity contribution in [2.24, 2.45) is 11.3 Å². The molecule has 6 heteroatoms.